The number of hydrogen-bond acceptors (Lipinski definition) is 3. The van der Waals surface area contributed by atoms with Crippen molar-refractivity contribution in [2.24, 2.45) is 0 Å². The first kappa shape index (κ1) is 7.43. The van der Waals surface area contributed by atoms with Gasteiger partial charge < -0.3 is 5.32 Å². The molecule has 0 unspecified atom stereocenters. The third kappa shape index (κ3) is 1.12. The smallest absolute Gasteiger partial charge is 0.173 e. The zero-order valence-electron chi connectivity index (χ0n) is 6.59. The van der Waals surface area contributed by atoms with Crippen LogP contribution in [0.25, 0.3) is 0 Å². The van der Waals surface area contributed by atoms with Crippen molar-refractivity contribution >= 4 is 11.6 Å². The summed E-state index contributed by atoms with van der Waals surface area (Å²) in [5.74, 6) is 0.0953. The van der Waals surface area contributed by atoms with Crippen LogP contribution in [0.5, 0.6) is 0 Å². The molecular formula is C9H9NO2. The van der Waals surface area contributed by atoms with Crippen LogP contribution in [0.2, 0.25) is 0 Å². The fourth-order valence-electron chi connectivity index (χ4n) is 1.50. The van der Waals surface area contributed by atoms with Gasteiger partial charge >= 0.3 is 0 Å². The number of ketones is 2. The Labute approximate surface area is 70.1 Å². The molecule has 1 aliphatic heterocycles. The molecule has 2 aliphatic rings. The Morgan fingerprint density at radius 2 is 2.00 bits per heavy atom. The molecule has 0 saturated carbocycles. The Hall–Kier alpha value is -1.22. The van der Waals surface area contributed by atoms with Crippen LogP contribution in [0.15, 0.2) is 23.3 Å². The summed E-state index contributed by atoms with van der Waals surface area (Å²) in [6.45, 7) is 1.09. The van der Waals surface area contributed by atoms with Crippen molar-refractivity contribution in [1.29, 1.82) is 0 Å². The second-order valence-corrected chi connectivity index (χ2v) is 3.01. The first-order chi connectivity index (χ1) is 5.77. The third-order valence-electron chi connectivity index (χ3n) is 2.15. The summed E-state index contributed by atoms with van der Waals surface area (Å²) in [7, 11) is 0. The van der Waals surface area contributed by atoms with Crippen LogP contribution in [-0.4, -0.2) is 24.7 Å². The fourth-order valence-corrected chi connectivity index (χ4v) is 1.50. The van der Waals surface area contributed by atoms with E-state index in [1.165, 1.54) is 0 Å². The lowest BCUT2D eigenvalue weighted by molar-refractivity contribution is -0.118. The number of carbonyl (C=O) groups excluding carboxylic acids is 2. The minimum atomic E-state index is 0.0315. The Bertz CT molecular complexity index is 312. The van der Waals surface area contributed by atoms with E-state index in [2.05, 4.69) is 5.32 Å². The average molecular weight is 163 g/mol. The van der Waals surface area contributed by atoms with Crippen LogP contribution in [0, 0.1) is 0 Å². The van der Waals surface area contributed by atoms with Crippen molar-refractivity contribution in [2.75, 3.05) is 13.1 Å². The first-order valence-electron chi connectivity index (χ1n) is 3.94. The highest BCUT2D eigenvalue weighted by Gasteiger charge is 2.22. The van der Waals surface area contributed by atoms with Crippen LogP contribution in [0.1, 0.15) is 6.42 Å². The van der Waals surface area contributed by atoms with Crippen molar-refractivity contribution < 1.29 is 9.59 Å². The maximum atomic E-state index is 11.3. The van der Waals surface area contributed by atoms with Crippen LogP contribution in [-0.2, 0) is 9.59 Å². The molecule has 0 fully saturated rings. The van der Waals surface area contributed by atoms with Gasteiger partial charge in [0.05, 0.1) is 6.54 Å². The van der Waals surface area contributed by atoms with Gasteiger partial charge in [0, 0.05) is 18.5 Å². The molecule has 12 heavy (non-hydrogen) atoms. The highest BCUT2D eigenvalue weighted by molar-refractivity contribution is 6.07. The molecule has 0 aromatic heterocycles. The molecule has 1 N–H and O–H groups in total. The van der Waals surface area contributed by atoms with Gasteiger partial charge in [-0.25, -0.2) is 0 Å². The van der Waals surface area contributed by atoms with E-state index in [4.69, 9.17) is 0 Å². The molecule has 0 radical (unpaired) electrons. The summed E-state index contributed by atoms with van der Waals surface area (Å²) in [6.07, 6.45) is 3.58. The lowest BCUT2D eigenvalue weighted by atomic mass is 9.91. The van der Waals surface area contributed by atoms with E-state index in [0.29, 0.717) is 25.1 Å². The van der Waals surface area contributed by atoms with Crippen molar-refractivity contribution in [3.63, 3.8) is 0 Å². The summed E-state index contributed by atoms with van der Waals surface area (Å²) < 4.78 is 0. The SMILES string of the molecule is O=C1C=CC2=C(C1)C(=O)CNC2. The molecule has 3 nitrogen and oxygen atoms in total. The van der Waals surface area contributed by atoms with Gasteiger partial charge in [0.15, 0.2) is 11.6 Å². The van der Waals surface area contributed by atoms with Crippen molar-refractivity contribution in [3.8, 4) is 0 Å². The van der Waals surface area contributed by atoms with Crippen LogP contribution in [0.3, 0.4) is 0 Å². The van der Waals surface area contributed by atoms with Gasteiger partial charge in [-0.3, -0.25) is 9.59 Å². The molecule has 1 heterocycles. The minimum Gasteiger partial charge on any atom is -0.306 e. The van der Waals surface area contributed by atoms with Gasteiger partial charge in [-0.15, -0.1) is 0 Å². The number of nitrogens with one attached hydrogen (secondary N) is 1. The van der Waals surface area contributed by atoms with Gasteiger partial charge in [0.2, 0.25) is 0 Å². The summed E-state index contributed by atoms with van der Waals surface area (Å²) in [5, 5.41) is 2.98. The number of Topliss-reactive ketones (excluding diaryl/α,β-unsaturated/α-hetero) is 1. The Balaban J connectivity index is 2.38. The Morgan fingerprint density at radius 3 is 2.83 bits per heavy atom. The molecule has 1 aliphatic carbocycles. The molecule has 0 amide bonds. The number of carbonyl (C=O) groups is 2. The van der Waals surface area contributed by atoms with E-state index in [1.807, 2.05) is 0 Å². The van der Waals surface area contributed by atoms with Crippen molar-refractivity contribution in [1.82, 2.24) is 5.32 Å². The highest BCUT2D eigenvalue weighted by atomic mass is 16.1. The molecular weight excluding hydrogens is 154 g/mol. The highest BCUT2D eigenvalue weighted by Crippen LogP contribution is 2.19. The molecule has 62 valence electrons. The minimum absolute atomic E-state index is 0.0315. The molecule has 0 spiro atoms. The van der Waals surface area contributed by atoms with Crippen molar-refractivity contribution in [2.45, 2.75) is 6.42 Å². The first-order valence-corrected chi connectivity index (χ1v) is 3.94. The maximum absolute atomic E-state index is 11.3. The van der Waals surface area contributed by atoms with E-state index in [0.717, 1.165) is 5.57 Å². The predicted octanol–water partition coefficient (Wildman–Crippen LogP) is -0.0157. The van der Waals surface area contributed by atoms with Crippen LogP contribution in [0.4, 0.5) is 0 Å². The maximum Gasteiger partial charge on any atom is 0.173 e. The number of rotatable bonds is 0. The van der Waals surface area contributed by atoms with Gasteiger partial charge in [0.25, 0.3) is 0 Å². The van der Waals surface area contributed by atoms with Gasteiger partial charge in [-0.05, 0) is 11.6 Å². The fraction of sp³-hybridized carbons (Fsp3) is 0.333. The third-order valence-corrected chi connectivity index (χ3v) is 2.15. The van der Waals surface area contributed by atoms with Crippen LogP contribution >= 0.6 is 0 Å². The standard InChI is InChI=1S/C9H9NO2/c11-7-2-1-6-4-10-5-9(12)8(6)3-7/h1-2,10H,3-5H2. The summed E-state index contributed by atoms with van der Waals surface area (Å²) in [4.78, 5) is 22.2. The largest absolute Gasteiger partial charge is 0.306 e. The lowest BCUT2D eigenvalue weighted by Crippen LogP contribution is -2.34. The van der Waals surface area contributed by atoms with E-state index < -0.39 is 0 Å². The molecule has 0 aromatic rings. The monoisotopic (exact) mass is 163 g/mol. The lowest BCUT2D eigenvalue weighted by Gasteiger charge is -2.19. The van der Waals surface area contributed by atoms with E-state index in [9.17, 15) is 9.59 Å². The Morgan fingerprint density at radius 1 is 1.17 bits per heavy atom. The van der Waals surface area contributed by atoms with Crippen LogP contribution < -0.4 is 5.32 Å². The topological polar surface area (TPSA) is 46.2 Å². The van der Waals surface area contributed by atoms with E-state index >= 15 is 0 Å². The quantitative estimate of drug-likeness (QED) is 0.546. The second kappa shape index (κ2) is 2.68. The predicted molar refractivity (Wildman–Crippen MR) is 43.7 cm³/mol. The summed E-state index contributed by atoms with van der Waals surface area (Å²) in [5.41, 5.74) is 1.69. The normalized spacial score (nSPS) is 23.0. The zero-order valence-corrected chi connectivity index (χ0v) is 6.59. The Kier molecular flexibility index (Phi) is 1.66. The molecule has 0 aromatic carbocycles. The van der Waals surface area contributed by atoms with E-state index in [-0.39, 0.29) is 11.6 Å². The molecule has 0 bridgehead atoms. The summed E-state index contributed by atoms with van der Waals surface area (Å²) >= 11 is 0. The number of allylic oxidation sites excluding steroid dienone is 1. The van der Waals surface area contributed by atoms with Crippen molar-refractivity contribution in [3.05, 3.63) is 23.3 Å². The second-order valence-electron chi connectivity index (χ2n) is 3.01. The molecule has 3 heteroatoms. The summed E-state index contributed by atoms with van der Waals surface area (Å²) in [6, 6.07) is 0. The van der Waals surface area contributed by atoms with Gasteiger partial charge in [0.1, 0.15) is 0 Å². The molecule has 0 saturated heterocycles. The van der Waals surface area contributed by atoms with Gasteiger partial charge in [-0.2, -0.15) is 0 Å². The average Bonchev–Trinajstić information content (AvgIpc) is 2.07. The zero-order chi connectivity index (χ0) is 8.55. The number of hydrogen-bond donors (Lipinski definition) is 1. The molecule has 0 atom stereocenters. The van der Waals surface area contributed by atoms with Gasteiger partial charge in [-0.1, -0.05) is 6.08 Å². The molecule has 2 rings (SSSR count). The van der Waals surface area contributed by atoms with E-state index in [1.54, 1.807) is 12.2 Å².